The number of amides is 2. The van der Waals surface area contributed by atoms with Crippen molar-refractivity contribution in [3.63, 3.8) is 0 Å². The zero-order valence-corrected chi connectivity index (χ0v) is 18.7. The number of hydrogen-bond donors (Lipinski definition) is 1. The van der Waals surface area contributed by atoms with Crippen LogP contribution in [0, 0.1) is 0 Å². The normalized spacial score (nSPS) is 15.8. The fourth-order valence-corrected chi connectivity index (χ4v) is 4.60. The monoisotopic (exact) mass is 447 g/mol. The van der Waals surface area contributed by atoms with Gasteiger partial charge in [-0.2, -0.15) is 4.52 Å². The molecule has 0 radical (unpaired) electrons. The highest BCUT2D eigenvalue weighted by atomic mass is 16.2. The van der Waals surface area contributed by atoms with Gasteiger partial charge in [0.2, 0.25) is 11.8 Å². The molecule has 0 saturated carbocycles. The summed E-state index contributed by atoms with van der Waals surface area (Å²) in [4.78, 5) is 28.4. The second kappa shape index (κ2) is 9.56. The lowest BCUT2D eigenvalue weighted by molar-refractivity contribution is -0.132. The van der Waals surface area contributed by atoms with Crippen LogP contribution in [0.15, 0.2) is 36.4 Å². The molecule has 0 unspecified atom stereocenters. The van der Waals surface area contributed by atoms with Crippen molar-refractivity contribution >= 4 is 23.3 Å². The van der Waals surface area contributed by atoms with Gasteiger partial charge in [0.05, 0.1) is 0 Å². The molecule has 0 bridgehead atoms. The average Bonchev–Trinajstić information content (AvgIpc) is 3.45. The predicted molar refractivity (Wildman–Crippen MR) is 124 cm³/mol. The summed E-state index contributed by atoms with van der Waals surface area (Å²) >= 11 is 0. The van der Waals surface area contributed by atoms with Gasteiger partial charge in [0.25, 0.3) is 0 Å². The Morgan fingerprint density at radius 1 is 1.03 bits per heavy atom. The molecule has 0 spiro atoms. The van der Waals surface area contributed by atoms with Crippen LogP contribution in [0.3, 0.4) is 0 Å². The van der Waals surface area contributed by atoms with Crippen molar-refractivity contribution in [2.75, 3.05) is 31.5 Å². The molecule has 33 heavy (non-hydrogen) atoms. The van der Waals surface area contributed by atoms with Crippen LogP contribution in [0.4, 0.5) is 5.82 Å². The van der Waals surface area contributed by atoms with Gasteiger partial charge in [0.1, 0.15) is 5.82 Å². The van der Waals surface area contributed by atoms with E-state index in [2.05, 4.69) is 38.8 Å². The number of aryl methyl sites for hydroxylation is 1. The molecule has 9 nitrogen and oxygen atoms in total. The lowest BCUT2D eigenvalue weighted by atomic mass is 9.99. The Kier molecular flexibility index (Phi) is 6.19. The van der Waals surface area contributed by atoms with Gasteiger partial charge in [-0.15, -0.1) is 15.3 Å². The van der Waals surface area contributed by atoms with Gasteiger partial charge in [0, 0.05) is 52.0 Å². The molecule has 0 aliphatic carbocycles. The fourth-order valence-electron chi connectivity index (χ4n) is 4.60. The first-order chi connectivity index (χ1) is 16.2. The Morgan fingerprint density at radius 2 is 1.91 bits per heavy atom. The first-order valence-electron chi connectivity index (χ1n) is 11.7. The van der Waals surface area contributed by atoms with Crippen molar-refractivity contribution in [1.29, 1.82) is 0 Å². The largest absolute Gasteiger partial charge is 0.369 e. The summed E-state index contributed by atoms with van der Waals surface area (Å²) < 4.78 is 1.71. The van der Waals surface area contributed by atoms with Gasteiger partial charge in [-0.3, -0.25) is 9.59 Å². The molecule has 1 saturated heterocycles. The summed E-state index contributed by atoms with van der Waals surface area (Å²) in [5, 5.41) is 16.4. The van der Waals surface area contributed by atoms with E-state index in [1.807, 2.05) is 28.0 Å². The maximum atomic E-state index is 12.8. The minimum Gasteiger partial charge on any atom is -0.369 e. The SMILES string of the molecule is O=C1CCCN1CCCNc1ccc2nnc(CCC(=O)N3CCc4ccccc4C3)n2n1. The second-order valence-corrected chi connectivity index (χ2v) is 8.70. The van der Waals surface area contributed by atoms with Crippen molar-refractivity contribution in [1.82, 2.24) is 29.6 Å². The van der Waals surface area contributed by atoms with E-state index in [0.29, 0.717) is 37.3 Å². The molecule has 9 heteroatoms. The van der Waals surface area contributed by atoms with Gasteiger partial charge < -0.3 is 15.1 Å². The van der Waals surface area contributed by atoms with Gasteiger partial charge in [-0.1, -0.05) is 24.3 Å². The highest BCUT2D eigenvalue weighted by molar-refractivity contribution is 5.78. The minimum absolute atomic E-state index is 0.131. The Hall–Kier alpha value is -3.49. The Morgan fingerprint density at radius 3 is 2.76 bits per heavy atom. The molecule has 2 amide bonds. The van der Waals surface area contributed by atoms with Crippen LogP contribution in [0.5, 0.6) is 0 Å². The third kappa shape index (κ3) is 4.81. The van der Waals surface area contributed by atoms with Crippen LogP contribution in [0.25, 0.3) is 5.65 Å². The molecule has 1 fully saturated rings. The standard InChI is InChI=1S/C24H29N7O2/c32-23-7-3-14-29(23)15-4-13-25-20-8-9-21-26-27-22(31(21)28-20)10-11-24(33)30-16-12-18-5-1-2-6-19(18)17-30/h1-2,5-6,8-9H,3-4,7,10-17H2,(H,25,28). The van der Waals surface area contributed by atoms with E-state index in [0.717, 1.165) is 51.3 Å². The van der Waals surface area contributed by atoms with E-state index < -0.39 is 0 Å². The van der Waals surface area contributed by atoms with E-state index in [-0.39, 0.29) is 11.8 Å². The second-order valence-electron chi connectivity index (χ2n) is 8.70. The minimum atomic E-state index is 0.131. The number of nitrogens with zero attached hydrogens (tertiary/aromatic N) is 6. The summed E-state index contributed by atoms with van der Waals surface area (Å²) in [7, 11) is 0. The van der Waals surface area contributed by atoms with Crippen LogP contribution < -0.4 is 5.32 Å². The summed E-state index contributed by atoms with van der Waals surface area (Å²) in [6.07, 6.45) is 4.29. The van der Waals surface area contributed by atoms with Crippen molar-refractivity contribution in [2.24, 2.45) is 0 Å². The maximum absolute atomic E-state index is 12.8. The van der Waals surface area contributed by atoms with E-state index in [1.54, 1.807) is 4.52 Å². The maximum Gasteiger partial charge on any atom is 0.223 e. The Labute approximate surface area is 192 Å². The molecule has 5 rings (SSSR count). The lowest BCUT2D eigenvalue weighted by Gasteiger charge is -2.28. The third-order valence-electron chi connectivity index (χ3n) is 6.46. The van der Waals surface area contributed by atoms with Crippen LogP contribution >= 0.6 is 0 Å². The molecule has 1 aromatic carbocycles. The number of hydrogen-bond acceptors (Lipinski definition) is 6. The number of anilines is 1. The number of nitrogens with one attached hydrogen (secondary N) is 1. The van der Waals surface area contributed by atoms with Crippen LogP contribution in [-0.4, -0.2) is 67.6 Å². The molecular weight excluding hydrogens is 418 g/mol. The predicted octanol–water partition coefficient (Wildman–Crippen LogP) is 2.07. The highest BCUT2D eigenvalue weighted by Crippen LogP contribution is 2.19. The zero-order chi connectivity index (χ0) is 22.6. The summed E-state index contributed by atoms with van der Waals surface area (Å²) in [6.45, 7) is 3.80. The van der Waals surface area contributed by atoms with Gasteiger partial charge >= 0.3 is 0 Å². The number of likely N-dealkylation sites (tertiary alicyclic amines) is 1. The van der Waals surface area contributed by atoms with Crippen LogP contribution in [0.2, 0.25) is 0 Å². The molecule has 2 aliphatic heterocycles. The molecule has 1 N–H and O–H groups in total. The molecular formula is C24H29N7O2. The van der Waals surface area contributed by atoms with Gasteiger partial charge in [-0.05, 0) is 42.5 Å². The number of carbonyl (C=O) groups excluding carboxylic acids is 2. The van der Waals surface area contributed by atoms with Crippen LogP contribution in [0.1, 0.15) is 42.6 Å². The van der Waals surface area contributed by atoms with Crippen LogP contribution in [-0.2, 0) is 29.0 Å². The van der Waals surface area contributed by atoms with Crippen molar-refractivity contribution in [2.45, 2.75) is 45.1 Å². The molecule has 4 heterocycles. The topological polar surface area (TPSA) is 95.7 Å². The molecule has 172 valence electrons. The van der Waals surface area contributed by atoms with Gasteiger partial charge in [-0.25, -0.2) is 0 Å². The van der Waals surface area contributed by atoms with Crippen molar-refractivity contribution in [3.05, 3.63) is 53.3 Å². The lowest BCUT2D eigenvalue weighted by Crippen LogP contribution is -2.36. The third-order valence-corrected chi connectivity index (χ3v) is 6.46. The highest BCUT2D eigenvalue weighted by Gasteiger charge is 2.21. The van der Waals surface area contributed by atoms with Crippen molar-refractivity contribution in [3.8, 4) is 0 Å². The van der Waals surface area contributed by atoms with E-state index >= 15 is 0 Å². The smallest absolute Gasteiger partial charge is 0.223 e. The Balaban J connectivity index is 1.15. The van der Waals surface area contributed by atoms with E-state index in [1.165, 1.54) is 11.1 Å². The number of benzene rings is 1. The average molecular weight is 448 g/mol. The molecule has 0 atom stereocenters. The molecule has 2 aromatic heterocycles. The van der Waals surface area contributed by atoms with E-state index in [4.69, 9.17) is 0 Å². The number of rotatable bonds is 8. The summed E-state index contributed by atoms with van der Waals surface area (Å²) in [5.41, 5.74) is 3.23. The zero-order valence-electron chi connectivity index (χ0n) is 18.7. The van der Waals surface area contributed by atoms with E-state index in [9.17, 15) is 9.59 Å². The van der Waals surface area contributed by atoms with Gasteiger partial charge in [0.15, 0.2) is 11.5 Å². The molecule has 2 aliphatic rings. The Bertz CT molecular complexity index is 1160. The number of fused-ring (bicyclic) bond motifs is 2. The van der Waals surface area contributed by atoms with Crippen molar-refractivity contribution < 1.29 is 9.59 Å². The summed E-state index contributed by atoms with van der Waals surface area (Å²) in [5.74, 6) is 1.80. The summed E-state index contributed by atoms with van der Waals surface area (Å²) in [6, 6.07) is 12.1. The number of carbonyl (C=O) groups is 2. The quantitative estimate of drug-likeness (QED) is 0.531. The fraction of sp³-hybridized carbons (Fsp3) is 0.458. The number of aromatic nitrogens is 4. The first kappa shape index (κ1) is 21.4. The molecule has 3 aromatic rings. The first-order valence-corrected chi connectivity index (χ1v) is 11.7.